The summed E-state index contributed by atoms with van der Waals surface area (Å²) in [5.41, 5.74) is 1.09. The van der Waals surface area contributed by atoms with Gasteiger partial charge in [0, 0.05) is 11.3 Å². The molecule has 18 heavy (non-hydrogen) atoms. The molecular weight excluding hydrogens is 226 g/mol. The summed E-state index contributed by atoms with van der Waals surface area (Å²) in [6.45, 7) is 0.473. The molecule has 3 rings (SSSR count). The molecule has 0 aliphatic carbocycles. The smallest absolute Gasteiger partial charge is 0.271 e. The molecule has 0 bridgehead atoms. The Morgan fingerprint density at radius 2 is 1.83 bits per heavy atom. The van der Waals surface area contributed by atoms with Gasteiger partial charge in [0.15, 0.2) is 0 Å². The summed E-state index contributed by atoms with van der Waals surface area (Å²) in [7, 11) is 0. The Morgan fingerprint density at radius 3 is 2.67 bits per heavy atom. The second-order valence-corrected chi connectivity index (χ2v) is 4.06. The minimum absolute atomic E-state index is 0.222. The molecular formula is C15H11NO2. The van der Waals surface area contributed by atoms with Crippen LogP contribution in [0.1, 0.15) is 5.56 Å². The Morgan fingerprint density at radius 1 is 1.00 bits per heavy atom. The monoisotopic (exact) mass is 237 g/mol. The standard InChI is InChI=1S/C15H11NO2/c17-14-9-12-7-4-8-13(15(12)16-14)18-10-11-5-2-1-3-6-11/h1-9H,10H2. The topological polar surface area (TPSA) is 38.7 Å². The van der Waals surface area contributed by atoms with Crippen molar-refractivity contribution in [3.05, 3.63) is 64.7 Å². The van der Waals surface area contributed by atoms with Gasteiger partial charge < -0.3 is 4.74 Å². The van der Waals surface area contributed by atoms with E-state index in [1.165, 1.54) is 6.08 Å². The molecule has 0 saturated carbocycles. The fourth-order valence-corrected chi connectivity index (χ4v) is 1.90. The Kier molecular flexibility index (Phi) is 2.65. The first-order valence-corrected chi connectivity index (χ1v) is 5.73. The molecule has 0 saturated heterocycles. The summed E-state index contributed by atoms with van der Waals surface area (Å²) in [4.78, 5) is 15.2. The van der Waals surface area contributed by atoms with Crippen LogP contribution in [0.25, 0.3) is 6.08 Å². The van der Waals surface area contributed by atoms with E-state index in [0.29, 0.717) is 17.7 Å². The van der Waals surface area contributed by atoms with Gasteiger partial charge >= 0.3 is 0 Å². The number of para-hydroxylation sites is 1. The first-order chi connectivity index (χ1) is 8.83. The minimum atomic E-state index is -0.222. The number of fused-ring (bicyclic) bond motifs is 1. The Bertz CT molecular complexity index is 705. The van der Waals surface area contributed by atoms with Crippen LogP contribution in [0.2, 0.25) is 0 Å². The van der Waals surface area contributed by atoms with E-state index in [0.717, 1.165) is 10.8 Å². The van der Waals surface area contributed by atoms with Gasteiger partial charge in [-0.25, -0.2) is 4.99 Å². The predicted molar refractivity (Wildman–Crippen MR) is 67.5 cm³/mol. The molecule has 2 aromatic rings. The van der Waals surface area contributed by atoms with Crippen LogP contribution in [0.5, 0.6) is 5.75 Å². The predicted octanol–water partition coefficient (Wildman–Crippen LogP) is 1.21. The Hall–Kier alpha value is -2.42. The van der Waals surface area contributed by atoms with Crippen LogP contribution in [0.3, 0.4) is 0 Å². The number of carbonyl (C=O) groups excluding carboxylic acids is 1. The van der Waals surface area contributed by atoms with Gasteiger partial charge in [0.05, 0.1) is 0 Å². The number of benzene rings is 2. The van der Waals surface area contributed by atoms with Gasteiger partial charge in [0.1, 0.15) is 17.7 Å². The van der Waals surface area contributed by atoms with E-state index in [2.05, 4.69) is 4.99 Å². The molecule has 1 aliphatic heterocycles. The number of ether oxygens (including phenoxy) is 1. The molecule has 2 aromatic carbocycles. The Balaban J connectivity index is 1.88. The molecule has 1 aliphatic rings. The van der Waals surface area contributed by atoms with Crippen molar-refractivity contribution in [3.63, 3.8) is 0 Å². The van der Waals surface area contributed by atoms with E-state index in [-0.39, 0.29) is 5.91 Å². The molecule has 3 heteroatoms. The lowest BCUT2D eigenvalue weighted by molar-refractivity contribution is -0.112. The van der Waals surface area contributed by atoms with E-state index in [1.54, 1.807) is 0 Å². The van der Waals surface area contributed by atoms with Gasteiger partial charge in [-0.15, -0.1) is 0 Å². The highest BCUT2D eigenvalue weighted by molar-refractivity contribution is 6.06. The zero-order valence-corrected chi connectivity index (χ0v) is 9.67. The summed E-state index contributed by atoms with van der Waals surface area (Å²) in [6.07, 6.45) is 1.52. The summed E-state index contributed by atoms with van der Waals surface area (Å²) in [5, 5.41) is 1.46. The lowest BCUT2D eigenvalue weighted by Gasteiger charge is -2.05. The molecule has 0 atom stereocenters. The first kappa shape index (κ1) is 10.7. The largest absolute Gasteiger partial charge is 0.487 e. The van der Waals surface area contributed by atoms with Gasteiger partial charge in [-0.1, -0.05) is 42.5 Å². The third-order valence-corrected chi connectivity index (χ3v) is 2.77. The average molecular weight is 237 g/mol. The maximum absolute atomic E-state index is 11.2. The minimum Gasteiger partial charge on any atom is -0.487 e. The van der Waals surface area contributed by atoms with E-state index < -0.39 is 0 Å². The molecule has 1 heterocycles. The number of rotatable bonds is 3. The van der Waals surface area contributed by atoms with Gasteiger partial charge in [0.25, 0.3) is 5.91 Å². The number of amides is 1. The van der Waals surface area contributed by atoms with Crippen LogP contribution in [0.15, 0.2) is 53.5 Å². The van der Waals surface area contributed by atoms with Crippen LogP contribution in [0, 0.1) is 0 Å². The van der Waals surface area contributed by atoms with Crippen LogP contribution in [-0.4, -0.2) is 5.91 Å². The van der Waals surface area contributed by atoms with Crippen molar-refractivity contribution < 1.29 is 9.53 Å². The van der Waals surface area contributed by atoms with Crippen molar-refractivity contribution in [2.75, 3.05) is 0 Å². The molecule has 0 spiro atoms. The quantitative estimate of drug-likeness (QED) is 0.804. The highest BCUT2D eigenvalue weighted by atomic mass is 16.5. The zero-order chi connectivity index (χ0) is 12.4. The summed E-state index contributed by atoms with van der Waals surface area (Å²) in [6, 6.07) is 15.5. The fraction of sp³-hybridized carbons (Fsp3) is 0.0667. The lowest BCUT2D eigenvalue weighted by atomic mass is 10.2. The maximum atomic E-state index is 11.2. The molecule has 0 unspecified atom stereocenters. The van der Waals surface area contributed by atoms with Crippen molar-refractivity contribution in [1.82, 2.24) is 0 Å². The average Bonchev–Trinajstić information content (AvgIpc) is 2.78. The Labute approximate surface area is 104 Å². The molecule has 3 nitrogen and oxygen atoms in total. The first-order valence-electron chi connectivity index (χ1n) is 5.73. The highest BCUT2D eigenvalue weighted by Gasteiger charge is 2.07. The number of nitrogens with zero attached hydrogens (tertiary/aromatic N) is 1. The molecule has 88 valence electrons. The summed E-state index contributed by atoms with van der Waals surface area (Å²) < 4.78 is 5.72. The molecule has 1 amide bonds. The van der Waals surface area contributed by atoms with E-state index >= 15 is 0 Å². The molecule has 0 N–H and O–H groups in total. The van der Waals surface area contributed by atoms with Gasteiger partial charge in [0.2, 0.25) is 0 Å². The van der Waals surface area contributed by atoms with E-state index in [9.17, 15) is 4.79 Å². The van der Waals surface area contributed by atoms with Gasteiger partial charge in [-0.05, 0) is 11.6 Å². The second-order valence-electron chi connectivity index (χ2n) is 4.06. The van der Waals surface area contributed by atoms with Crippen molar-refractivity contribution >= 4 is 12.0 Å². The van der Waals surface area contributed by atoms with Gasteiger partial charge in [-0.3, -0.25) is 4.79 Å². The molecule has 0 fully saturated rings. The van der Waals surface area contributed by atoms with Crippen molar-refractivity contribution in [2.24, 2.45) is 4.99 Å². The lowest BCUT2D eigenvalue weighted by Crippen LogP contribution is -2.23. The van der Waals surface area contributed by atoms with Crippen LogP contribution in [-0.2, 0) is 11.4 Å². The zero-order valence-electron chi connectivity index (χ0n) is 9.67. The third-order valence-electron chi connectivity index (χ3n) is 2.77. The fourth-order valence-electron chi connectivity index (χ4n) is 1.90. The molecule has 0 radical (unpaired) electrons. The number of hydrogen-bond acceptors (Lipinski definition) is 2. The van der Waals surface area contributed by atoms with E-state index in [1.807, 2.05) is 48.5 Å². The van der Waals surface area contributed by atoms with Crippen molar-refractivity contribution in [2.45, 2.75) is 6.61 Å². The number of hydrogen-bond donors (Lipinski definition) is 0. The van der Waals surface area contributed by atoms with E-state index in [4.69, 9.17) is 4.74 Å². The van der Waals surface area contributed by atoms with Crippen molar-refractivity contribution in [3.8, 4) is 5.75 Å². The summed E-state index contributed by atoms with van der Waals surface area (Å²) in [5.74, 6) is 0.430. The third kappa shape index (κ3) is 2.02. The van der Waals surface area contributed by atoms with Crippen molar-refractivity contribution in [1.29, 1.82) is 0 Å². The normalized spacial score (nSPS) is 12.6. The molecule has 0 aromatic heterocycles. The van der Waals surface area contributed by atoms with Crippen LogP contribution >= 0.6 is 0 Å². The highest BCUT2D eigenvalue weighted by Crippen LogP contribution is 2.06. The second kappa shape index (κ2) is 4.45. The van der Waals surface area contributed by atoms with Crippen LogP contribution in [0.4, 0.5) is 0 Å². The maximum Gasteiger partial charge on any atom is 0.271 e. The van der Waals surface area contributed by atoms with Gasteiger partial charge in [-0.2, -0.15) is 0 Å². The summed E-state index contributed by atoms with van der Waals surface area (Å²) >= 11 is 0. The van der Waals surface area contributed by atoms with Crippen LogP contribution < -0.4 is 15.3 Å². The SMILES string of the molecule is O=C1C=c2cccc(OCc3ccccc3)c2=N1. The number of carbonyl (C=O) groups is 1.